The Morgan fingerprint density at radius 1 is 1.19 bits per heavy atom. The van der Waals surface area contributed by atoms with Crippen LogP contribution in [0.2, 0.25) is 5.02 Å². The summed E-state index contributed by atoms with van der Waals surface area (Å²) in [5.74, 6) is 2.43. The number of nitrogens with zero attached hydrogens (tertiary/aromatic N) is 3. The number of hydrogen-bond donors (Lipinski definition) is 1. The van der Waals surface area contributed by atoms with E-state index in [1.165, 1.54) is 6.42 Å². The molecule has 1 aromatic rings. The first kappa shape index (κ1) is 25.8. The number of rotatable bonds is 9. The topological polar surface area (TPSA) is 81.8 Å². The molecule has 2 atom stereocenters. The summed E-state index contributed by atoms with van der Waals surface area (Å²) >= 11 is 6.01. The number of benzene rings is 1. The van der Waals surface area contributed by atoms with Crippen molar-refractivity contribution in [2.45, 2.75) is 57.6 Å². The zero-order valence-electron chi connectivity index (χ0n) is 21.5. The van der Waals surface area contributed by atoms with Crippen LogP contribution in [0.25, 0.3) is 0 Å². The van der Waals surface area contributed by atoms with E-state index in [9.17, 15) is 5.26 Å². The Morgan fingerprint density at radius 3 is 2.50 bits per heavy atom. The molecule has 1 aromatic carbocycles. The zero-order chi connectivity index (χ0) is 25.3. The van der Waals surface area contributed by atoms with Crippen molar-refractivity contribution < 1.29 is 14.2 Å². The minimum absolute atomic E-state index is 0.0774. The lowest BCUT2D eigenvalue weighted by atomic mass is 9.48. The number of nitriles is 1. The zero-order valence-corrected chi connectivity index (χ0v) is 22.3. The van der Waals surface area contributed by atoms with E-state index in [-0.39, 0.29) is 17.3 Å². The average molecular weight is 515 g/mol. The molecule has 5 aliphatic rings. The molecule has 8 heteroatoms. The van der Waals surface area contributed by atoms with Crippen LogP contribution in [0.5, 0.6) is 5.75 Å². The number of amidine groups is 1. The Hall–Kier alpha value is -1.85. The monoisotopic (exact) mass is 514 g/mol. The molecule has 0 radical (unpaired) electrons. The van der Waals surface area contributed by atoms with Crippen molar-refractivity contribution in [2.24, 2.45) is 23.2 Å². The van der Waals surface area contributed by atoms with Crippen LogP contribution in [0.15, 0.2) is 24.3 Å². The number of ether oxygens (including phenoxy) is 3. The normalized spacial score (nSPS) is 31.7. The van der Waals surface area contributed by atoms with Gasteiger partial charge in [-0.2, -0.15) is 5.26 Å². The van der Waals surface area contributed by atoms with Crippen molar-refractivity contribution in [1.82, 2.24) is 9.80 Å². The largest absolute Gasteiger partial charge is 0.480 e. The van der Waals surface area contributed by atoms with Gasteiger partial charge < -0.3 is 14.2 Å². The molecule has 1 saturated heterocycles. The second-order valence-electron chi connectivity index (χ2n) is 11.9. The standard InChI is InChI=1S/C28H39ClN4O3/c1-27(2,36-24-5-3-23(29)4-6-24)26(31)33(19-30)25-21-13-20-14-22(25)17-28(15-20,16-21)18-35-12-9-32-7-10-34-11-8-32/h3-6,20-22,25,31H,7-18H2,1-2H3. The summed E-state index contributed by atoms with van der Waals surface area (Å²) in [6.07, 6.45) is 8.13. The maximum atomic E-state index is 10.2. The Labute approximate surface area is 220 Å². The number of hydrogen-bond acceptors (Lipinski definition) is 6. The predicted octanol–water partition coefficient (Wildman–Crippen LogP) is 4.80. The van der Waals surface area contributed by atoms with Gasteiger partial charge in [0.2, 0.25) is 0 Å². The van der Waals surface area contributed by atoms with Crippen molar-refractivity contribution in [3.05, 3.63) is 29.3 Å². The van der Waals surface area contributed by atoms with Gasteiger partial charge in [-0.1, -0.05) is 11.6 Å². The highest BCUT2D eigenvalue weighted by atomic mass is 35.5. The number of nitrogens with one attached hydrogen (secondary N) is 1. The third-order valence-electron chi connectivity index (χ3n) is 8.82. The van der Waals surface area contributed by atoms with E-state index < -0.39 is 5.60 Å². The van der Waals surface area contributed by atoms with Crippen molar-refractivity contribution in [3.8, 4) is 11.9 Å². The van der Waals surface area contributed by atoms with E-state index in [0.717, 1.165) is 77.7 Å². The lowest BCUT2D eigenvalue weighted by molar-refractivity contribution is -0.125. The Kier molecular flexibility index (Phi) is 7.51. The highest BCUT2D eigenvalue weighted by Crippen LogP contribution is 2.61. The predicted molar refractivity (Wildman–Crippen MR) is 139 cm³/mol. The molecule has 0 aromatic heterocycles. The van der Waals surface area contributed by atoms with Gasteiger partial charge in [0.15, 0.2) is 17.6 Å². The summed E-state index contributed by atoms with van der Waals surface area (Å²) in [7, 11) is 0. The number of halogens is 1. The van der Waals surface area contributed by atoms with E-state index in [0.29, 0.717) is 22.6 Å². The molecule has 0 amide bonds. The van der Waals surface area contributed by atoms with Crippen LogP contribution in [-0.2, 0) is 9.47 Å². The minimum Gasteiger partial charge on any atom is -0.480 e. The Morgan fingerprint density at radius 2 is 1.86 bits per heavy atom. The smallest absolute Gasteiger partial charge is 0.185 e. The fourth-order valence-corrected chi connectivity index (χ4v) is 7.60. The van der Waals surface area contributed by atoms with Crippen molar-refractivity contribution >= 4 is 17.4 Å². The van der Waals surface area contributed by atoms with Gasteiger partial charge in [0.1, 0.15) is 5.75 Å². The van der Waals surface area contributed by atoms with Gasteiger partial charge in [0.05, 0.1) is 32.5 Å². The van der Waals surface area contributed by atoms with Crippen LogP contribution in [-0.4, -0.2) is 73.3 Å². The molecule has 36 heavy (non-hydrogen) atoms. The van der Waals surface area contributed by atoms with Gasteiger partial charge in [-0.3, -0.25) is 15.2 Å². The van der Waals surface area contributed by atoms with Crippen LogP contribution in [0.4, 0.5) is 0 Å². The molecule has 4 aliphatic carbocycles. The van der Waals surface area contributed by atoms with Crippen LogP contribution < -0.4 is 4.74 Å². The van der Waals surface area contributed by atoms with E-state index in [2.05, 4.69) is 11.1 Å². The third-order valence-corrected chi connectivity index (χ3v) is 9.07. The molecule has 4 bridgehead atoms. The quantitative estimate of drug-likeness (QED) is 0.167. The molecule has 7 nitrogen and oxygen atoms in total. The van der Waals surface area contributed by atoms with E-state index in [1.807, 2.05) is 13.8 Å². The highest BCUT2D eigenvalue weighted by Gasteiger charge is 2.58. The van der Waals surface area contributed by atoms with Gasteiger partial charge in [-0.15, -0.1) is 0 Å². The summed E-state index contributed by atoms with van der Waals surface area (Å²) in [5, 5.41) is 19.9. The second-order valence-corrected chi connectivity index (χ2v) is 12.3. The summed E-state index contributed by atoms with van der Waals surface area (Å²) in [6, 6.07) is 7.24. The molecule has 2 unspecified atom stereocenters. The fourth-order valence-electron chi connectivity index (χ4n) is 7.47. The summed E-state index contributed by atoms with van der Waals surface area (Å²) in [4.78, 5) is 4.10. The molecule has 6 rings (SSSR count). The Balaban J connectivity index is 1.21. The average Bonchev–Trinajstić information content (AvgIpc) is 2.85. The summed E-state index contributed by atoms with van der Waals surface area (Å²) < 4.78 is 17.9. The van der Waals surface area contributed by atoms with Crippen LogP contribution >= 0.6 is 11.6 Å². The fraction of sp³-hybridized carbons (Fsp3) is 0.714. The second kappa shape index (κ2) is 10.5. The van der Waals surface area contributed by atoms with Crippen molar-refractivity contribution in [1.29, 1.82) is 10.7 Å². The Bertz CT molecular complexity index is 956. The summed E-state index contributed by atoms with van der Waals surface area (Å²) in [6.45, 7) is 9.94. The van der Waals surface area contributed by atoms with E-state index >= 15 is 0 Å². The van der Waals surface area contributed by atoms with Crippen molar-refractivity contribution in [3.63, 3.8) is 0 Å². The molecule has 0 spiro atoms. The first-order chi connectivity index (χ1) is 17.3. The van der Waals surface area contributed by atoms with Crippen molar-refractivity contribution in [2.75, 3.05) is 46.1 Å². The van der Waals surface area contributed by atoms with Gasteiger partial charge >= 0.3 is 0 Å². The molecule has 196 valence electrons. The molecule has 1 heterocycles. The molecule has 1 N–H and O–H groups in total. The van der Waals surface area contributed by atoms with Crippen LogP contribution in [0.3, 0.4) is 0 Å². The lowest BCUT2D eigenvalue weighted by Gasteiger charge is -2.61. The summed E-state index contributed by atoms with van der Waals surface area (Å²) in [5.41, 5.74) is -0.699. The molecular weight excluding hydrogens is 476 g/mol. The van der Waals surface area contributed by atoms with Crippen LogP contribution in [0.1, 0.15) is 46.0 Å². The SMILES string of the molecule is CC(C)(Oc1ccc(Cl)cc1)C(=N)N(C#N)C1C2CC3CC1CC(COCCN1CCOCC1)(C3)C2. The highest BCUT2D eigenvalue weighted by molar-refractivity contribution is 6.30. The lowest BCUT2D eigenvalue weighted by Crippen LogP contribution is -2.62. The number of morpholine rings is 1. The van der Waals surface area contributed by atoms with Crippen LogP contribution in [0, 0.1) is 40.0 Å². The van der Waals surface area contributed by atoms with E-state index in [4.69, 9.17) is 31.2 Å². The minimum atomic E-state index is -0.932. The van der Waals surface area contributed by atoms with E-state index in [1.54, 1.807) is 29.2 Å². The maximum absolute atomic E-state index is 10.2. The first-order valence-electron chi connectivity index (χ1n) is 13.4. The molecule has 5 fully saturated rings. The van der Waals surface area contributed by atoms with Gasteiger partial charge in [-0.25, -0.2) is 0 Å². The maximum Gasteiger partial charge on any atom is 0.185 e. The first-order valence-corrected chi connectivity index (χ1v) is 13.8. The van der Waals surface area contributed by atoms with Gasteiger partial charge in [0, 0.05) is 24.7 Å². The van der Waals surface area contributed by atoms with Gasteiger partial charge in [0.25, 0.3) is 0 Å². The third kappa shape index (κ3) is 5.38. The molecule has 1 aliphatic heterocycles. The molecular formula is C28H39ClN4O3. The van der Waals surface area contributed by atoms with Gasteiger partial charge in [-0.05, 0) is 93.4 Å². The molecule has 4 saturated carbocycles.